The van der Waals surface area contributed by atoms with Crippen LogP contribution in [-0.2, 0) is 14.8 Å². The molecule has 166 valence electrons. The molecule has 1 aromatic carbocycles. The fourth-order valence-corrected chi connectivity index (χ4v) is 5.79. The Bertz CT molecular complexity index is 875. The number of non-ortho nitro benzene ring substituents is 1. The van der Waals surface area contributed by atoms with Crippen molar-refractivity contribution in [2.75, 3.05) is 32.7 Å². The average molecular weight is 439 g/mol. The van der Waals surface area contributed by atoms with E-state index in [0.29, 0.717) is 50.7 Å². The Balaban J connectivity index is 1.51. The van der Waals surface area contributed by atoms with Crippen molar-refractivity contribution in [2.45, 2.75) is 56.4 Å². The highest BCUT2D eigenvalue weighted by atomic mass is 32.2. The number of amides is 1. The molecule has 1 aliphatic carbocycles. The first-order valence-corrected chi connectivity index (χ1v) is 12.0. The van der Waals surface area contributed by atoms with E-state index in [-0.39, 0.29) is 16.5 Å². The summed E-state index contributed by atoms with van der Waals surface area (Å²) in [5.41, 5.74) is 0.254. The summed E-state index contributed by atoms with van der Waals surface area (Å²) in [6.45, 7) is 3.90. The summed E-state index contributed by atoms with van der Waals surface area (Å²) in [5, 5.41) is 14.1. The molecule has 30 heavy (non-hydrogen) atoms. The smallest absolute Gasteiger partial charge is 0.270 e. The maximum Gasteiger partial charge on any atom is 0.270 e. The molecule has 1 aliphatic heterocycles. The van der Waals surface area contributed by atoms with Gasteiger partial charge in [-0.05, 0) is 25.3 Å². The zero-order valence-corrected chi connectivity index (χ0v) is 18.2. The summed E-state index contributed by atoms with van der Waals surface area (Å²) in [7, 11) is -3.80. The number of sulfonamides is 1. The van der Waals surface area contributed by atoms with E-state index in [1.165, 1.54) is 35.7 Å². The molecule has 9 nitrogen and oxygen atoms in total. The first-order valence-electron chi connectivity index (χ1n) is 10.5. The molecule has 0 bridgehead atoms. The van der Waals surface area contributed by atoms with Crippen molar-refractivity contribution < 1.29 is 18.1 Å². The highest BCUT2D eigenvalue weighted by Gasteiger charge is 2.31. The first kappa shape index (κ1) is 22.6. The first-order chi connectivity index (χ1) is 14.3. The van der Waals surface area contributed by atoms with E-state index in [9.17, 15) is 23.3 Å². The van der Waals surface area contributed by atoms with Gasteiger partial charge in [-0.1, -0.05) is 25.3 Å². The third-order valence-electron chi connectivity index (χ3n) is 5.96. The van der Waals surface area contributed by atoms with Crippen LogP contribution in [-0.4, -0.2) is 67.2 Å². The molecule has 0 unspecified atom stereocenters. The average Bonchev–Trinajstić information content (AvgIpc) is 2.73. The van der Waals surface area contributed by atoms with Gasteiger partial charge in [0.2, 0.25) is 15.9 Å². The van der Waals surface area contributed by atoms with Crippen LogP contribution >= 0.6 is 0 Å². The zero-order chi connectivity index (χ0) is 21.7. The van der Waals surface area contributed by atoms with Crippen molar-refractivity contribution in [1.29, 1.82) is 0 Å². The monoisotopic (exact) mass is 438 g/mol. The quantitative estimate of drug-likeness (QED) is 0.515. The number of nitrogens with zero attached hydrogens (tertiary/aromatic N) is 3. The number of carbonyl (C=O) groups is 1. The van der Waals surface area contributed by atoms with Gasteiger partial charge in [0.15, 0.2) is 0 Å². The minimum atomic E-state index is -3.80. The number of nitro benzene ring substituents is 1. The normalized spacial score (nSPS) is 19.5. The molecule has 0 atom stereocenters. The predicted octanol–water partition coefficient (Wildman–Crippen LogP) is 2.05. The lowest BCUT2D eigenvalue weighted by molar-refractivity contribution is -0.385. The summed E-state index contributed by atoms with van der Waals surface area (Å²) >= 11 is 0. The van der Waals surface area contributed by atoms with Gasteiger partial charge in [0.05, 0.1) is 9.82 Å². The van der Waals surface area contributed by atoms with Crippen molar-refractivity contribution >= 4 is 21.6 Å². The van der Waals surface area contributed by atoms with Gasteiger partial charge in [-0.25, -0.2) is 8.42 Å². The number of hydrogen-bond acceptors (Lipinski definition) is 6. The number of piperazine rings is 1. The van der Waals surface area contributed by atoms with Gasteiger partial charge in [-0.15, -0.1) is 0 Å². The van der Waals surface area contributed by atoms with E-state index in [1.54, 1.807) is 6.92 Å². The van der Waals surface area contributed by atoms with Crippen LogP contribution < -0.4 is 5.32 Å². The van der Waals surface area contributed by atoms with E-state index in [1.807, 2.05) is 0 Å². The lowest BCUT2D eigenvalue weighted by Crippen LogP contribution is -2.49. The van der Waals surface area contributed by atoms with Gasteiger partial charge in [0.25, 0.3) is 5.69 Å². The number of rotatable bonds is 7. The molecule has 1 heterocycles. The summed E-state index contributed by atoms with van der Waals surface area (Å²) < 4.78 is 27.4. The van der Waals surface area contributed by atoms with Crippen LogP contribution in [0.3, 0.4) is 0 Å². The van der Waals surface area contributed by atoms with Crippen molar-refractivity contribution in [3.05, 3.63) is 33.9 Å². The topological polar surface area (TPSA) is 113 Å². The van der Waals surface area contributed by atoms with E-state index in [0.717, 1.165) is 18.9 Å². The fraction of sp³-hybridized carbons (Fsp3) is 0.650. The van der Waals surface area contributed by atoms with Crippen molar-refractivity contribution in [2.24, 2.45) is 0 Å². The minimum Gasteiger partial charge on any atom is -0.353 e. The summed E-state index contributed by atoms with van der Waals surface area (Å²) in [6.07, 6.45) is 6.11. The van der Waals surface area contributed by atoms with Crippen LogP contribution in [0.25, 0.3) is 0 Å². The van der Waals surface area contributed by atoms with Gasteiger partial charge in [0, 0.05) is 57.3 Å². The number of benzene rings is 1. The number of hydrogen-bond donors (Lipinski definition) is 1. The lowest BCUT2D eigenvalue weighted by atomic mass is 9.95. The van der Waals surface area contributed by atoms with Crippen molar-refractivity contribution in [3.8, 4) is 0 Å². The molecule has 1 N–H and O–H groups in total. The summed E-state index contributed by atoms with van der Waals surface area (Å²) in [4.78, 5) is 24.7. The Kier molecular flexibility index (Phi) is 7.43. The van der Waals surface area contributed by atoms with Crippen molar-refractivity contribution in [1.82, 2.24) is 14.5 Å². The van der Waals surface area contributed by atoms with E-state index in [4.69, 9.17) is 0 Å². The Hall–Kier alpha value is -2.04. The Morgan fingerprint density at radius 3 is 2.47 bits per heavy atom. The fourth-order valence-electron chi connectivity index (χ4n) is 4.12. The molecule has 2 aliphatic rings. The van der Waals surface area contributed by atoms with Crippen molar-refractivity contribution in [3.63, 3.8) is 0 Å². The largest absolute Gasteiger partial charge is 0.353 e. The van der Waals surface area contributed by atoms with E-state index >= 15 is 0 Å². The van der Waals surface area contributed by atoms with Gasteiger partial charge in [-0.2, -0.15) is 4.31 Å². The van der Waals surface area contributed by atoms with Gasteiger partial charge in [-0.3, -0.25) is 14.9 Å². The van der Waals surface area contributed by atoms with Gasteiger partial charge in [0.1, 0.15) is 0 Å². The van der Waals surface area contributed by atoms with Crippen LogP contribution in [0.1, 0.15) is 44.1 Å². The van der Waals surface area contributed by atoms with Gasteiger partial charge >= 0.3 is 0 Å². The molecule has 0 aromatic heterocycles. The molecule has 1 aromatic rings. The highest BCUT2D eigenvalue weighted by molar-refractivity contribution is 7.89. The molecule has 2 fully saturated rings. The maximum atomic E-state index is 13.0. The second-order valence-electron chi connectivity index (χ2n) is 8.11. The van der Waals surface area contributed by atoms with Crippen LogP contribution in [0.5, 0.6) is 0 Å². The predicted molar refractivity (Wildman–Crippen MR) is 113 cm³/mol. The third-order valence-corrected chi connectivity index (χ3v) is 8.00. The van der Waals surface area contributed by atoms with Crippen LogP contribution in [0.4, 0.5) is 5.69 Å². The molecule has 1 saturated heterocycles. The molecule has 3 rings (SSSR count). The molecular formula is C20H30N4O5S. The second-order valence-corrected chi connectivity index (χ2v) is 10.0. The molecule has 1 saturated carbocycles. The summed E-state index contributed by atoms with van der Waals surface area (Å²) in [5.74, 6) is 0.0594. The number of nitro groups is 1. The molecule has 10 heteroatoms. The Labute approximate surface area is 177 Å². The number of nitrogens with one attached hydrogen (secondary N) is 1. The highest BCUT2D eigenvalue weighted by Crippen LogP contribution is 2.25. The Morgan fingerprint density at radius 1 is 1.17 bits per heavy atom. The molecule has 1 amide bonds. The van der Waals surface area contributed by atoms with Crippen LogP contribution in [0.2, 0.25) is 0 Å². The standard InChI is InChI=1S/C20H30N4O5S/c1-16-7-8-18(24(26)27)15-19(16)30(28,29)23-13-11-22(12-14-23)10-9-20(25)21-17-5-3-2-4-6-17/h7-8,15,17H,2-6,9-14H2,1H3,(H,21,25). The van der Waals surface area contributed by atoms with Crippen LogP contribution in [0, 0.1) is 17.0 Å². The SMILES string of the molecule is Cc1ccc([N+](=O)[O-])cc1S(=O)(=O)N1CCN(CCC(=O)NC2CCCCC2)CC1. The van der Waals surface area contributed by atoms with E-state index in [2.05, 4.69) is 10.2 Å². The van der Waals surface area contributed by atoms with Gasteiger partial charge < -0.3 is 10.2 Å². The number of carbonyl (C=O) groups excluding carboxylic acids is 1. The zero-order valence-electron chi connectivity index (χ0n) is 17.4. The summed E-state index contributed by atoms with van der Waals surface area (Å²) in [6, 6.07) is 4.20. The Morgan fingerprint density at radius 2 is 1.83 bits per heavy atom. The van der Waals surface area contributed by atoms with Crippen LogP contribution in [0.15, 0.2) is 23.1 Å². The minimum absolute atomic E-state index is 0.0167. The third kappa shape index (κ3) is 5.55. The molecule has 0 radical (unpaired) electrons. The maximum absolute atomic E-state index is 13.0. The lowest BCUT2D eigenvalue weighted by Gasteiger charge is -2.34. The number of aryl methyl sites for hydroxylation is 1. The molecular weight excluding hydrogens is 408 g/mol. The molecule has 0 spiro atoms. The van der Waals surface area contributed by atoms with E-state index < -0.39 is 14.9 Å². The second kappa shape index (κ2) is 9.84.